The average molecular weight is 386 g/mol. The topological polar surface area (TPSA) is 43.7 Å². The Morgan fingerprint density at radius 2 is 1.50 bits per heavy atom. The Balaban J connectivity index is 0.00000190. The number of aliphatic hydroxyl groups is 1. The van der Waals surface area contributed by atoms with Gasteiger partial charge in [0.2, 0.25) is 0 Å². The summed E-state index contributed by atoms with van der Waals surface area (Å²) in [7, 11) is 0. The Hall–Kier alpha value is -1.84. The first-order valence-corrected chi connectivity index (χ1v) is 10.7. The van der Waals surface area contributed by atoms with Crippen molar-refractivity contribution in [1.29, 1.82) is 0 Å². The molecule has 0 radical (unpaired) electrons. The van der Waals surface area contributed by atoms with E-state index in [1.807, 2.05) is 26.0 Å². The van der Waals surface area contributed by atoms with Gasteiger partial charge in [0, 0.05) is 30.2 Å². The van der Waals surface area contributed by atoms with Crippen molar-refractivity contribution < 1.29 is 10.2 Å². The van der Waals surface area contributed by atoms with Gasteiger partial charge < -0.3 is 10.2 Å². The van der Waals surface area contributed by atoms with Crippen molar-refractivity contribution in [3.8, 4) is 5.75 Å². The molecule has 0 aliphatic carbocycles. The maximum Gasteiger partial charge on any atom is 0.119 e. The van der Waals surface area contributed by atoms with Gasteiger partial charge in [0.15, 0.2) is 0 Å². The second-order valence-electron chi connectivity index (χ2n) is 7.54. The molecule has 0 aliphatic rings. The Labute approximate surface area is 172 Å². The summed E-state index contributed by atoms with van der Waals surface area (Å²) in [5.74, 6) is 0.469. The first kappa shape index (κ1) is 24.2. The molecule has 2 aromatic carbocycles. The van der Waals surface area contributed by atoms with E-state index < -0.39 is 0 Å². The summed E-state index contributed by atoms with van der Waals surface area (Å²) < 4.78 is 0. The smallest absolute Gasteiger partial charge is 0.119 e. The van der Waals surface area contributed by atoms with Crippen LogP contribution in [0.2, 0.25) is 0 Å². The van der Waals surface area contributed by atoms with Crippen molar-refractivity contribution in [2.75, 3.05) is 13.2 Å². The molecule has 3 nitrogen and oxygen atoms in total. The molecule has 2 aromatic rings. The highest BCUT2D eigenvalue weighted by atomic mass is 16.3. The molecular formula is C25H39NO2. The third kappa shape index (κ3) is 6.96. The number of rotatable bonds is 9. The highest BCUT2D eigenvalue weighted by Gasteiger charge is 2.21. The number of hydrogen-bond acceptors (Lipinski definition) is 3. The molecule has 0 bridgehead atoms. The van der Waals surface area contributed by atoms with Crippen molar-refractivity contribution in [3.63, 3.8) is 0 Å². The minimum absolute atomic E-state index is 0.120. The number of phenolic OH excluding ortho intramolecular Hbond substituents is 1. The standard InChI is InChI=1S/C23H33NO2.C2H6/c1-17(2)24(18(3)4)14-12-21(20-8-6-5-7-9-20)22-16-19(13-15-25)10-11-23(22)26;1-2/h5-11,16-18,21,25-26H,12-15H2,1-4H3;1-2H3/t21-;/m1./s1. The lowest BCUT2D eigenvalue weighted by Gasteiger charge is -2.32. The van der Waals surface area contributed by atoms with E-state index in [4.69, 9.17) is 0 Å². The maximum absolute atomic E-state index is 10.5. The minimum atomic E-state index is 0.120. The van der Waals surface area contributed by atoms with Crippen LogP contribution >= 0.6 is 0 Å². The Kier molecular flexibility index (Phi) is 10.9. The van der Waals surface area contributed by atoms with Gasteiger partial charge in [-0.2, -0.15) is 0 Å². The fourth-order valence-corrected chi connectivity index (χ4v) is 3.75. The van der Waals surface area contributed by atoms with Crippen LogP contribution < -0.4 is 0 Å². The third-order valence-corrected chi connectivity index (χ3v) is 5.07. The van der Waals surface area contributed by atoms with Crippen molar-refractivity contribution in [2.45, 2.75) is 72.4 Å². The van der Waals surface area contributed by atoms with Crippen molar-refractivity contribution in [2.24, 2.45) is 0 Å². The summed E-state index contributed by atoms with van der Waals surface area (Å²) in [6, 6.07) is 17.1. The zero-order valence-corrected chi connectivity index (χ0v) is 18.5. The molecule has 0 saturated carbocycles. The van der Waals surface area contributed by atoms with Gasteiger partial charge >= 0.3 is 0 Å². The van der Waals surface area contributed by atoms with Crippen LogP contribution in [0, 0.1) is 0 Å². The van der Waals surface area contributed by atoms with E-state index in [2.05, 4.69) is 62.9 Å². The monoisotopic (exact) mass is 385 g/mol. The summed E-state index contributed by atoms with van der Waals surface area (Å²) in [6.07, 6.45) is 1.55. The van der Waals surface area contributed by atoms with Crippen molar-refractivity contribution in [1.82, 2.24) is 4.90 Å². The van der Waals surface area contributed by atoms with E-state index in [9.17, 15) is 10.2 Å². The van der Waals surface area contributed by atoms with Gasteiger partial charge in [0.25, 0.3) is 0 Å². The highest BCUT2D eigenvalue weighted by molar-refractivity contribution is 5.43. The van der Waals surface area contributed by atoms with Crippen molar-refractivity contribution >= 4 is 0 Å². The number of phenols is 1. The third-order valence-electron chi connectivity index (χ3n) is 5.07. The predicted molar refractivity (Wildman–Crippen MR) is 120 cm³/mol. The second-order valence-corrected chi connectivity index (χ2v) is 7.54. The average Bonchev–Trinajstić information content (AvgIpc) is 2.69. The minimum Gasteiger partial charge on any atom is -0.508 e. The van der Waals surface area contributed by atoms with Crippen LogP contribution in [0.25, 0.3) is 0 Å². The molecule has 0 aliphatic heterocycles. The number of nitrogens with zero attached hydrogens (tertiary/aromatic N) is 1. The number of hydrogen-bond donors (Lipinski definition) is 2. The van der Waals surface area contributed by atoms with Gasteiger partial charge in [-0.25, -0.2) is 0 Å². The summed E-state index contributed by atoms with van der Waals surface area (Å²) in [4.78, 5) is 2.49. The maximum atomic E-state index is 10.5. The second kappa shape index (κ2) is 12.6. The molecule has 0 spiro atoms. The normalized spacial score (nSPS) is 12.2. The van der Waals surface area contributed by atoms with Gasteiger partial charge in [0.05, 0.1) is 0 Å². The summed E-state index contributed by atoms with van der Waals surface area (Å²) >= 11 is 0. The molecule has 0 saturated heterocycles. The van der Waals surface area contributed by atoms with Gasteiger partial charge in [-0.15, -0.1) is 0 Å². The Morgan fingerprint density at radius 3 is 2.04 bits per heavy atom. The molecule has 1 atom stereocenters. The largest absolute Gasteiger partial charge is 0.508 e. The van der Waals surface area contributed by atoms with Gasteiger partial charge in [-0.05, 0) is 64.3 Å². The van der Waals surface area contributed by atoms with E-state index in [0.717, 1.165) is 24.1 Å². The Bertz CT molecular complexity index is 660. The lowest BCUT2D eigenvalue weighted by Crippen LogP contribution is -2.38. The van der Waals surface area contributed by atoms with Crippen LogP contribution in [-0.2, 0) is 6.42 Å². The van der Waals surface area contributed by atoms with Gasteiger partial charge in [-0.1, -0.05) is 56.3 Å². The zero-order chi connectivity index (χ0) is 21.1. The lowest BCUT2D eigenvalue weighted by molar-refractivity contribution is 0.170. The van der Waals surface area contributed by atoms with Crippen LogP contribution in [0.15, 0.2) is 48.5 Å². The molecule has 2 N–H and O–H groups in total. The molecule has 0 aromatic heterocycles. The first-order chi connectivity index (χ1) is 13.4. The molecule has 2 rings (SSSR count). The lowest BCUT2D eigenvalue weighted by atomic mass is 9.86. The SMILES string of the molecule is CC.CC(C)N(CC[C@H](c1ccccc1)c1cc(CCO)ccc1O)C(C)C. The van der Waals surface area contributed by atoms with Gasteiger partial charge in [0.1, 0.15) is 5.75 Å². The zero-order valence-electron chi connectivity index (χ0n) is 18.5. The summed E-state index contributed by atoms with van der Waals surface area (Å²) in [5, 5.41) is 19.8. The van der Waals surface area contributed by atoms with Gasteiger partial charge in [-0.3, -0.25) is 4.90 Å². The fraction of sp³-hybridized carbons (Fsp3) is 0.520. The molecular weight excluding hydrogens is 346 g/mol. The van der Waals surface area contributed by atoms with E-state index in [1.165, 1.54) is 5.56 Å². The number of aromatic hydroxyl groups is 1. The molecule has 0 unspecified atom stereocenters. The van der Waals surface area contributed by atoms with E-state index >= 15 is 0 Å². The van der Waals surface area contributed by atoms with Crippen LogP contribution in [0.5, 0.6) is 5.75 Å². The molecule has 156 valence electrons. The number of benzene rings is 2. The number of aliphatic hydroxyl groups excluding tert-OH is 1. The van der Waals surface area contributed by atoms with Crippen LogP contribution in [0.4, 0.5) is 0 Å². The first-order valence-electron chi connectivity index (χ1n) is 10.7. The molecule has 0 amide bonds. The molecule has 28 heavy (non-hydrogen) atoms. The molecule has 0 fully saturated rings. The fourth-order valence-electron chi connectivity index (χ4n) is 3.75. The summed E-state index contributed by atoms with van der Waals surface area (Å²) in [6.45, 7) is 14.0. The highest BCUT2D eigenvalue weighted by Crippen LogP contribution is 2.35. The van der Waals surface area contributed by atoms with Crippen LogP contribution in [-0.4, -0.2) is 40.3 Å². The predicted octanol–water partition coefficient (Wildman–Crippen LogP) is 5.59. The molecule has 3 heteroatoms. The van der Waals surface area contributed by atoms with E-state index in [0.29, 0.717) is 24.3 Å². The van der Waals surface area contributed by atoms with E-state index in [-0.39, 0.29) is 12.5 Å². The summed E-state index contributed by atoms with van der Waals surface area (Å²) in [5.41, 5.74) is 3.23. The van der Waals surface area contributed by atoms with Crippen LogP contribution in [0.1, 0.15) is 70.6 Å². The van der Waals surface area contributed by atoms with Crippen molar-refractivity contribution in [3.05, 3.63) is 65.2 Å². The van der Waals surface area contributed by atoms with Crippen LogP contribution in [0.3, 0.4) is 0 Å². The Morgan fingerprint density at radius 1 is 0.893 bits per heavy atom. The van der Waals surface area contributed by atoms with E-state index in [1.54, 1.807) is 6.07 Å². The quantitative estimate of drug-likeness (QED) is 0.591. The molecule has 0 heterocycles.